The van der Waals surface area contributed by atoms with E-state index in [1.54, 1.807) is 0 Å². The fourth-order valence-electron chi connectivity index (χ4n) is 10.3. The van der Waals surface area contributed by atoms with Gasteiger partial charge in [0.1, 0.15) is 0 Å². The molecule has 6 saturated carbocycles. The minimum atomic E-state index is -2.52. The van der Waals surface area contributed by atoms with Gasteiger partial charge in [0.25, 0.3) is 7.51 Å². The third-order valence-electron chi connectivity index (χ3n) is 13.2. The fraction of sp³-hybridized carbons (Fsp3) is 1.00. The average Bonchev–Trinajstić information content (AvgIpc) is 3.13. The van der Waals surface area contributed by atoms with Gasteiger partial charge in [0.15, 0.2) is 0 Å². The summed E-state index contributed by atoms with van der Waals surface area (Å²) in [6.45, 7) is 0. The second kappa shape index (κ2) is 18.3. The van der Waals surface area contributed by atoms with Crippen molar-refractivity contribution in [1.82, 2.24) is 35.0 Å². The lowest BCUT2D eigenvalue weighted by Gasteiger charge is -2.49. The summed E-state index contributed by atoms with van der Waals surface area (Å²) < 4.78 is 15.5. The molecule has 0 unspecified atom stereocenters. The first-order valence-electron chi connectivity index (χ1n) is 21.6. The lowest BCUT2D eigenvalue weighted by molar-refractivity contribution is 0.386. The van der Waals surface area contributed by atoms with E-state index in [1.807, 2.05) is 0 Å². The van der Waals surface area contributed by atoms with Crippen LogP contribution in [-0.4, -0.2) is 47.7 Å². The molecule has 0 bridgehead atoms. The highest BCUT2D eigenvalue weighted by molar-refractivity contribution is 7.88. The van der Waals surface area contributed by atoms with E-state index in [4.69, 9.17) is 9.03 Å². The summed E-state index contributed by atoms with van der Waals surface area (Å²) in [6, 6.07) is 3.12. The van der Waals surface area contributed by atoms with E-state index in [2.05, 4.69) is 42.0 Å². The first-order valence-corrected chi connectivity index (χ1v) is 26.7. The van der Waals surface area contributed by atoms with Crippen LogP contribution < -0.4 is 30.5 Å². The molecule has 0 amide bonds. The Labute approximate surface area is 302 Å². The SMILES string of the molecule is CN1P(NC2CCCCC2)(NC2CCCCC2)=NP(NC2CCCCC2)(NC2CCCCC2)=N[P+]1(NC1CCCCC1)NC1CCCCC1. The molecule has 0 saturated heterocycles. The molecule has 7 rings (SSSR count). The van der Waals surface area contributed by atoms with Crippen molar-refractivity contribution in [2.24, 2.45) is 9.03 Å². The molecule has 0 spiro atoms. The van der Waals surface area contributed by atoms with Crippen LogP contribution in [0.15, 0.2) is 9.03 Å². The molecule has 7 aliphatic rings. The van der Waals surface area contributed by atoms with Gasteiger partial charge in [0.05, 0.1) is 0 Å². The molecule has 0 radical (unpaired) electrons. The summed E-state index contributed by atoms with van der Waals surface area (Å²) in [7, 11) is -4.90. The standard InChI is InChI=1S/C37H75N9P3/c1-46-48(40-34-24-12-4-13-25-34,41-35-26-14-5-15-27-35)44-47(38-32-20-8-2-9-21-32,39-33-22-10-3-11-23-33)45-49(46,42-36-28-16-6-17-29-36)43-37-30-18-7-19-31-37/h32-43H,2-31H2,1H3/q+1. The average molecular weight is 739 g/mol. The van der Waals surface area contributed by atoms with Crippen LogP contribution in [0.3, 0.4) is 0 Å². The largest absolute Gasteiger partial charge is 0.360 e. The predicted octanol–water partition coefficient (Wildman–Crippen LogP) is 11.0. The van der Waals surface area contributed by atoms with E-state index in [9.17, 15) is 0 Å². The van der Waals surface area contributed by atoms with Gasteiger partial charge in [-0.2, -0.15) is 4.52 Å². The topological polar surface area (TPSA) is 100 Å². The lowest BCUT2D eigenvalue weighted by atomic mass is 9.96. The fourth-order valence-corrected chi connectivity index (χ4v) is 24.6. The molecule has 0 atom stereocenters. The third kappa shape index (κ3) is 10.0. The molecular weight excluding hydrogens is 663 g/mol. The van der Waals surface area contributed by atoms with E-state index in [0.29, 0.717) is 36.3 Å². The number of nitrogens with zero attached hydrogens (tertiary/aromatic N) is 3. The summed E-state index contributed by atoms with van der Waals surface area (Å²) in [5.41, 5.74) is 0. The molecule has 0 aromatic rings. The first-order chi connectivity index (χ1) is 24.0. The van der Waals surface area contributed by atoms with Crippen LogP contribution in [0.5, 0.6) is 0 Å². The van der Waals surface area contributed by atoms with Crippen LogP contribution >= 0.6 is 22.9 Å². The lowest BCUT2D eigenvalue weighted by Crippen LogP contribution is -2.52. The maximum Gasteiger partial charge on any atom is 0.360 e. The summed E-state index contributed by atoms with van der Waals surface area (Å²) in [5, 5.41) is 27.0. The molecule has 282 valence electrons. The smallest absolute Gasteiger partial charge is 0.254 e. The van der Waals surface area contributed by atoms with E-state index >= 15 is 0 Å². The number of hydrogen-bond acceptors (Lipinski definition) is 9. The zero-order chi connectivity index (χ0) is 33.4. The monoisotopic (exact) mass is 739 g/mol. The molecule has 49 heavy (non-hydrogen) atoms. The van der Waals surface area contributed by atoms with Crippen LogP contribution in [0.1, 0.15) is 193 Å². The Morgan fingerprint density at radius 1 is 0.408 bits per heavy atom. The molecule has 6 fully saturated rings. The first kappa shape index (κ1) is 37.9. The highest BCUT2D eigenvalue weighted by Crippen LogP contribution is 2.79. The molecule has 12 heteroatoms. The van der Waals surface area contributed by atoms with Crippen molar-refractivity contribution in [2.45, 2.75) is 229 Å². The minimum Gasteiger partial charge on any atom is -0.254 e. The van der Waals surface area contributed by atoms with Gasteiger partial charge in [-0.1, -0.05) is 120 Å². The maximum atomic E-state index is 6.37. The molecule has 6 N–H and O–H groups in total. The molecule has 0 aromatic carbocycles. The summed E-state index contributed by atoms with van der Waals surface area (Å²) in [5.74, 6) is 0. The van der Waals surface area contributed by atoms with Gasteiger partial charge in [-0.3, -0.25) is 10.2 Å². The quantitative estimate of drug-likeness (QED) is 0.111. The molecular formula is C37H75N9P3+. The highest BCUT2D eigenvalue weighted by Gasteiger charge is 2.60. The minimum absolute atomic E-state index is 0.506. The van der Waals surface area contributed by atoms with Crippen molar-refractivity contribution >= 4 is 22.9 Å². The van der Waals surface area contributed by atoms with Gasteiger partial charge < -0.3 is 0 Å². The van der Waals surface area contributed by atoms with Crippen molar-refractivity contribution in [3.8, 4) is 0 Å². The van der Waals surface area contributed by atoms with Crippen LogP contribution in [0.2, 0.25) is 0 Å². The van der Waals surface area contributed by atoms with Crippen LogP contribution in [-0.2, 0) is 0 Å². The van der Waals surface area contributed by atoms with E-state index in [-0.39, 0.29) is 0 Å². The predicted molar refractivity (Wildman–Crippen MR) is 213 cm³/mol. The Morgan fingerprint density at radius 3 is 1.02 bits per heavy atom. The molecule has 1 aliphatic heterocycles. The highest BCUT2D eigenvalue weighted by atomic mass is 31.3. The Morgan fingerprint density at radius 2 is 0.694 bits per heavy atom. The zero-order valence-electron chi connectivity index (χ0n) is 31.4. The van der Waals surface area contributed by atoms with Crippen LogP contribution in [0.25, 0.3) is 0 Å². The van der Waals surface area contributed by atoms with Crippen molar-refractivity contribution in [2.75, 3.05) is 7.05 Å². The van der Waals surface area contributed by atoms with Crippen molar-refractivity contribution in [1.29, 1.82) is 0 Å². The van der Waals surface area contributed by atoms with Crippen LogP contribution in [0, 0.1) is 0 Å². The van der Waals surface area contributed by atoms with Gasteiger partial charge in [-0.25, -0.2) is 10.2 Å². The van der Waals surface area contributed by atoms with Crippen molar-refractivity contribution < 1.29 is 0 Å². The Hall–Kier alpha value is 0.610. The van der Waals surface area contributed by atoms with E-state index in [1.165, 1.54) is 193 Å². The van der Waals surface area contributed by atoms with Gasteiger partial charge >= 0.3 is 7.87 Å². The molecule has 9 nitrogen and oxygen atoms in total. The van der Waals surface area contributed by atoms with Crippen LogP contribution in [0.4, 0.5) is 0 Å². The van der Waals surface area contributed by atoms with Gasteiger partial charge in [-0.15, -0.1) is 10.2 Å². The van der Waals surface area contributed by atoms with Crippen molar-refractivity contribution in [3.05, 3.63) is 0 Å². The van der Waals surface area contributed by atoms with Gasteiger partial charge in [0.2, 0.25) is 7.51 Å². The van der Waals surface area contributed by atoms with Gasteiger partial charge in [0, 0.05) is 43.3 Å². The number of rotatable bonds is 12. The Balaban J connectivity index is 1.39. The summed E-state index contributed by atoms with van der Waals surface area (Å²) in [6.07, 6.45) is 39.7. The Bertz CT molecular complexity index is 1050. The second-order valence-corrected chi connectivity index (χ2v) is 25.4. The third-order valence-corrected chi connectivity index (χ3v) is 24.9. The number of hydrogen-bond donors (Lipinski definition) is 6. The number of nitrogens with one attached hydrogen (secondary N) is 6. The molecule has 0 aromatic heterocycles. The second-order valence-electron chi connectivity index (χ2n) is 17.3. The maximum absolute atomic E-state index is 6.37. The molecule has 6 aliphatic carbocycles. The van der Waals surface area contributed by atoms with Gasteiger partial charge in [-0.05, 0) is 81.6 Å². The summed E-state index contributed by atoms with van der Waals surface area (Å²) in [4.78, 5) is 0. The zero-order valence-corrected chi connectivity index (χ0v) is 34.0. The normalized spacial score (nSPS) is 30.5. The van der Waals surface area contributed by atoms with Crippen molar-refractivity contribution in [3.63, 3.8) is 0 Å². The molecule has 1 heterocycles. The Kier molecular flexibility index (Phi) is 14.2. The van der Waals surface area contributed by atoms with E-state index < -0.39 is 22.9 Å². The van der Waals surface area contributed by atoms with E-state index in [0.717, 1.165) is 0 Å². The summed E-state index contributed by atoms with van der Waals surface area (Å²) >= 11 is 0.